The lowest BCUT2D eigenvalue weighted by molar-refractivity contribution is 0.0677. The number of hydrazine groups is 1. The maximum absolute atomic E-state index is 12.7. The van der Waals surface area contributed by atoms with Gasteiger partial charge in [-0.25, -0.2) is 4.98 Å². The lowest BCUT2D eigenvalue weighted by Gasteiger charge is -2.30. The standard InChI is InChI=1S/C16H20N4O/c1-11-5-4-8-20(10-11)16(21)15-9-14(19-17)12-6-2-3-7-13(12)18-15/h2-3,6-7,9,11H,4-5,8,10,17H2,1H3,(H,18,19). The number of para-hydroxylation sites is 1. The van der Waals surface area contributed by atoms with Gasteiger partial charge in [-0.1, -0.05) is 25.1 Å². The summed E-state index contributed by atoms with van der Waals surface area (Å²) in [4.78, 5) is 19.0. The van der Waals surface area contributed by atoms with Gasteiger partial charge in [-0.05, 0) is 30.9 Å². The molecular formula is C16H20N4O. The van der Waals surface area contributed by atoms with Crippen LogP contribution in [-0.4, -0.2) is 28.9 Å². The summed E-state index contributed by atoms with van der Waals surface area (Å²) in [5.41, 5.74) is 4.63. The minimum atomic E-state index is -0.0104. The highest BCUT2D eigenvalue weighted by Crippen LogP contribution is 2.24. The maximum atomic E-state index is 12.7. The van der Waals surface area contributed by atoms with E-state index in [1.165, 1.54) is 6.42 Å². The summed E-state index contributed by atoms with van der Waals surface area (Å²) in [7, 11) is 0. The van der Waals surface area contributed by atoms with E-state index >= 15 is 0 Å². The lowest BCUT2D eigenvalue weighted by Crippen LogP contribution is -2.39. The predicted molar refractivity (Wildman–Crippen MR) is 83.9 cm³/mol. The number of amides is 1. The summed E-state index contributed by atoms with van der Waals surface area (Å²) in [6.07, 6.45) is 2.24. The highest BCUT2D eigenvalue weighted by molar-refractivity contribution is 5.99. The van der Waals surface area contributed by atoms with Gasteiger partial charge in [-0.15, -0.1) is 0 Å². The number of pyridine rings is 1. The number of fused-ring (bicyclic) bond motifs is 1. The maximum Gasteiger partial charge on any atom is 0.272 e. The average molecular weight is 284 g/mol. The molecule has 0 saturated carbocycles. The molecule has 1 atom stereocenters. The molecule has 3 N–H and O–H groups in total. The molecule has 5 nitrogen and oxygen atoms in total. The number of nitrogen functional groups attached to an aromatic ring is 1. The van der Waals surface area contributed by atoms with Crippen LogP contribution >= 0.6 is 0 Å². The molecular weight excluding hydrogens is 264 g/mol. The molecule has 3 rings (SSSR count). The van der Waals surface area contributed by atoms with Crippen LogP contribution in [0.15, 0.2) is 30.3 Å². The van der Waals surface area contributed by atoms with Gasteiger partial charge in [-0.2, -0.15) is 0 Å². The van der Waals surface area contributed by atoms with Gasteiger partial charge < -0.3 is 10.3 Å². The first-order valence-electron chi connectivity index (χ1n) is 7.34. The zero-order chi connectivity index (χ0) is 14.8. The first-order valence-corrected chi connectivity index (χ1v) is 7.34. The molecule has 1 saturated heterocycles. The third kappa shape index (κ3) is 2.69. The van der Waals surface area contributed by atoms with E-state index in [2.05, 4.69) is 17.3 Å². The van der Waals surface area contributed by atoms with Crippen molar-refractivity contribution >= 4 is 22.5 Å². The third-order valence-electron chi connectivity index (χ3n) is 4.04. The number of nitrogens with two attached hydrogens (primary N) is 1. The number of aromatic nitrogens is 1. The molecule has 0 aliphatic carbocycles. The van der Waals surface area contributed by atoms with Crippen molar-refractivity contribution in [2.24, 2.45) is 11.8 Å². The third-order valence-corrected chi connectivity index (χ3v) is 4.04. The van der Waals surface area contributed by atoms with Crippen LogP contribution < -0.4 is 11.3 Å². The molecule has 1 aliphatic heterocycles. The first-order chi connectivity index (χ1) is 10.2. The van der Waals surface area contributed by atoms with Crippen molar-refractivity contribution in [3.63, 3.8) is 0 Å². The summed E-state index contributed by atoms with van der Waals surface area (Å²) < 4.78 is 0. The van der Waals surface area contributed by atoms with Crippen molar-refractivity contribution in [1.82, 2.24) is 9.88 Å². The second-order valence-electron chi connectivity index (χ2n) is 5.72. The minimum absolute atomic E-state index is 0.0104. The molecule has 5 heteroatoms. The van der Waals surface area contributed by atoms with Crippen molar-refractivity contribution in [2.75, 3.05) is 18.5 Å². The topological polar surface area (TPSA) is 71.2 Å². The van der Waals surface area contributed by atoms with E-state index in [1.54, 1.807) is 6.07 Å². The van der Waals surface area contributed by atoms with Crippen LogP contribution in [0.1, 0.15) is 30.3 Å². The smallest absolute Gasteiger partial charge is 0.272 e. The molecule has 1 aromatic heterocycles. The molecule has 21 heavy (non-hydrogen) atoms. The second kappa shape index (κ2) is 5.69. The molecule has 2 aromatic rings. The highest BCUT2D eigenvalue weighted by atomic mass is 16.2. The lowest BCUT2D eigenvalue weighted by atomic mass is 10.00. The molecule has 0 radical (unpaired) electrons. The van der Waals surface area contributed by atoms with Gasteiger partial charge >= 0.3 is 0 Å². The Morgan fingerprint density at radius 2 is 2.24 bits per heavy atom. The Labute approximate surface area is 124 Å². The van der Waals surface area contributed by atoms with E-state index in [4.69, 9.17) is 5.84 Å². The number of carbonyl (C=O) groups is 1. The molecule has 0 spiro atoms. The first kappa shape index (κ1) is 13.8. The number of rotatable bonds is 2. The van der Waals surface area contributed by atoms with E-state index in [0.717, 1.165) is 36.1 Å². The molecule has 1 unspecified atom stereocenters. The number of hydrogen-bond acceptors (Lipinski definition) is 4. The van der Waals surface area contributed by atoms with Crippen LogP contribution in [0.25, 0.3) is 10.9 Å². The van der Waals surface area contributed by atoms with Crippen molar-refractivity contribution in [1.29, 1.82) is 0 Å². The molecule has 2 heterocycles. The van der Waals surface area contributed by atoms with Crippen LogP contribution in [0.5, 0.6) is 0 Å². The fraction of sp³-hybridized carbons (Fsp3) is 0.375. The number of benzene rings is 1. The normalized spacial score (nSPS) is 18.8. The number of hydrogen-bond donors (Lipinski definition) is 2. The zero-order valence-electron chi connectivity index (χ0n) is 12.2. The van der Waals surface area contributed by atoms with E-state index in [9.17, 15) is 4.79 Å². The van der Waals surface area contributed by atoms with Crippen LogP contribution in [0.4, 0.5) is 5.69 Å². The van der Waals surface area contributed by atoms with Gasteiger partial charge in [0, 0.05) is 18.5 Å². The quantitative estimate of drug-likeness (QED) is 0.656. The van der Waals surface area contributed by atoms with Gasteiger partial charge in [0.25, 0.3) is 5.91 Å². The van der Waals surface area contributed by atoms with E-state index in [-0.39, 0.29) is 5.91 Å². The largest absolute Gasteiger partial charge is 0.337 e. The molecule has 1 fully saturated rings. The predicted octanol–water partition coefficient (Wildman–Crippen LogP) is 2.39. The van der Waals surface area contributed by atoms with Crippen molar-refractivity contribution in [2.45, 2.75) is 19.8 Å². The zero-order valence-corrected chi connectivity index (χ0v) is 12.2. The average Bonchev–Trinajstić information content (AvgIpc) is 2.53. The van der Waals surface area contributed by atoms with E-state index < -0.39 is 0 Å². The minimum Gasteiger partial charge on any atom is -0.337 e. The van der Waals surface area contributed by atoms with Gasteiger partial charge in [0.1, 0.15) is 5.69 Å². The summed E-state index contributed by atoms with van der Waals surface area (Å²) in [5, 5.41) is 0.920. The Bertz CT molecular complexity index is 670. The molecule has 0 bridgehead atoms. The number of anilines is 1. The second-order valence-corrected chi connectivity index (χ2v) is 5.72. The van der Waals surface area contributed by atoms with Crippen molar-refractivity contribution < 1.29 is 4.79 Å². The summed E-state index contributed by atoms with van der Waals surface area (Å²) in [6.45, 7) is 3.79. The molecule has 1 aromatic carbocycles. The van der Waals surface area contributed by atoms with Gasteiger partial charge in [0.05, 0.1) is 11.2 Å². The van der Waals surface area contributed by atoms with Gasteiger partial charge in [-0.3, -0.25) is 10.6 Å². The van der Waals surface area contributed by atoms with Crippen LogP contribution in [0.2, 0.25) is 0 Å². The van der Waals surface area contributed by atoms with Crippen LogP contribution in [-0.2, 0) is 0 Å². The SMILES string of the molecule is CC1CCCN(C(=O)c2cc(NN)c3ccccc3n2)C1. The van der Waals surface area contributed by atoms with Crippen LogP contribution in [0, 0.1) is 5.92 Å². The number of likely N-dealkylation sites (tertiary alicyclic amines) is 1. The number of carbonyl (C=O) groups excluding carboxylic acids is 1. The summed E-state index contributed by atoms with van der Waals surface area (Å²) in [5.74, 6) is 6.12. The molecule has 1 aliphatic rings. The Hall–Kier alpha value is -2.14. The molecule has 1 amide bonds. The van der Waals surface area contributed by atoms with Gasteiger partial charge in [0.15, 0.2) is 0 Å². The number of nitrogens with zero attached hydrogens (tertiary/aromatic N) is 2. The van der Waals surface area contributed by atoms with Crippen molar-refractivity contribution in [3.05, 3.63) is 36.0 Å². The number of nitrogens with one attached hydrogen (secondary N) is 1. The fourth-order valence-electron chi connectivity index (χ4n) is 2.94. The highest BCUT2D eigenvalue weighted by Gasteiger charge is 2.23. The van der Waals surface area contributed by atoms with Gasteiger partial charge in [0.2, 0.25) is 0 Å². The van der Waals surface area contributed by atoms with Crippen molar-refractivity contribution in [3.8, 4) is 0 Å². The molecule has 110 valence electrons. The summed E-state index contributed by atoms with van der Waals surface area (Å²) >= 11 is 0. The summed E-state index contributed by atoms with van der Waals surface area (Å²) in [6, 6.07) is 9.41. The monoisotopic (exact) mass is 284 g/mol. The van der Waals surface area contributed by atoms with E-state index in [0.29, 0.717) is 11.6 Å². The Morgan fingerprint density at radius 3 is 3.00 bits per heavy atom. The Kier molecular flexibility index (Phi) is 3.75. The number of piperidine rings is 1. The Balaban J connectivity index is 1.98. The Morgan fingerprint density at radius 1 is 1.43 bits per heavy atom. The van der Waals surface area contributed by atoms with E-state index in [1.807, 2.05) is 29.2 Å². The fourth-order valence-corrected chi connectivity index (χ4v) is 2.94. The van der Waals surface area contributed by atoms with Crippen LogP contribution in [0.3, 0.4) is 0 Å².